The van der Waals surface area contributed by atoms with E-state index in [2.05, 4.69) is 36.0 Å². The van der Waals surface area contributed by atoms with Crippen molar-refractivity contribution in [1.82, 2.24) is 15.1 Å². The molecule has 2 aliphatic rings. The Morgan fingerprint density at radius 2 is 1.85 bits per heavy atom. The van der Waals surface area contributed by atoms with E-state index in [0.717, 1.165) is 43.7 Å². The van der Waals surface area contributed by atoms with Gasteiger partial charge in [0.15, 0.2) is 6.29 Å². The number of nitrogens with one attached hydrogen (secondary N) is 1. The first-order valence-electron chi connectivity index (χ1n) is 9.92. The van der Waals surface area contributed by atoms with E-state index in [1.807, 2.05) is 37.3 Å². The first-order valence-corrected chi connectivity index (χ1v) is 9.92. The number of aliphatic imine (C=N–C) groups is 1. The lowest BCUT2D eigenvalue weighted by Gasteiger charge is -2.39. The monoisotopic (exact) mass is 372 g/mol. The summed E-state index contributed by atoms with van der Waals surface area (Å²) in [6, 6.07) is 7.00. The molecule has 5 heteroatoms. The molecule has 1 atom stereocenters. The zero-order valence-electron chi connectivity index (χ0n) is 17.3. The van der Waals surface area contributed by atoms with Crippen LogP contribution in [-0.2, 0) is 0 Å². The molecular formula is C22H33FN4. The van der Waals surface area contributed by atoms with E-state index in [1.165, 1.54) is 6.07 Å². The molecule has 4 nitrogen and oxygen atoms in total. The van der Waals surface area contributed by atoms with Crippen LogP contribution in [-0.4, -0.2) is 56.0 Å². The van der Waals surface area contributed by atoms with E-state index in [4.69, 9.17) is 0 Å². The smallest absolute Gasteiger partial charge is 0.175 e. The summed E-state index contributed by atoms with van der Waals surface area (Å²) in [4.78, 5) is 9.19. The number of likely N-dealkylation sites (tertiary alicyclic amines) is 1. The number of piperidine rings is 1. The number of allylic oxidation sites excluding steroid dienone is 2. The molecule has 2 heterocycles. The first kappa shape index (κ1) is 20.0. The summed E-state index contributed by atoms with van der Waals surface area (Å²) in [5.41, 5.74) is 3.00. The predicted molar refractivity (Wildman–Crippen MR) is 111 cm³/mol. The van der Waals surface area contributed by atoms with Gasteiger partial charge in [-0.3, -0.25) is 9.89 Å². The average molecular weight is 373 g/mol. The van der Waals surface area contributed by atoms with Crippen LogP contribution in [0.5, 0.6) is 0 Å². The molecule has 0 amide bonds. The SMILES string of the molecule is CN(C)C1N=CC(c2ccccc2F)=C(C2CCN(CC(C)(C)C)CC2)N1. The van der Waals surface area contributed by atoms with Crippen LogP contribution in [0.4, 0.5) is 4.39 Å². The van der Waals surface area contributed by atoms with Gasteiger partial charge in [0.25, 0.3) is 0 Å². The van der Waals surface area contributed by atoms with Crippen LogP contribution in [0, 0.1) is 17.2 Å². The fourth-order valence-electron chi connectivity index (χ4n) is 4.01. The van der Waals surface area contributed by atoms with Crippen molar-refractivity contribution in [1.29, 1.82) is 0 Å². The van der Waals surface area contributed by atoms with E-state index in [1.54, 1.807) is 6.07 Å². The Hall–Kier alpha value is -1.72. The van der Waals surface area contributed by atoms with Gasteiger partial charge in [0, 0.05) is 35.5 Å². The van der Waals surface area contributed by atoms with E-state index in [9.17, 15) is 4.39 Å². The molecule has 1 aromatic carbocycles. The Morgan fingerprint density at radius 3 is 2.44 bits per heavy atom. The van der Waals surface area contributed by atoms with Crippen LogP contribution < -0.4 is 5.32 Å². The van der Waals surface area contributed by atoms with Gasteiger partial charge in [-0.15, -0.1) is 0 Å². The Balaban J connectivity index is 1.84. The fourth-order valence-corrected chi connectivity index (χ4v) is 4.01. The van der Waals surface area contributed by atoms with Crippen molar-refractivity contribution in [3.8, 4) is 0 Å². The topological polar surface area (TPSA) is 30.9 Å². The molecular weight excluding hydrogens is 339 g/mol. The highest BCUT2D eigenvalue weighted by molar-refractivity contribution is 6.11. The highest BCUT2D eigenvalue weighted by Gasteiger charge is 2.30. The van der Waals surface area contributed by atoms with Crippen molar-refractivity contribution in [3.63, 3.8) is 0 Å². The Kier molecular flexibility index (Phi) is 6.02. The average Bonchev–Trinajstić information content (AvgIpc) is 2.61. The highest BCUT2D eigenvalue weighted by Crippen LogP contribution is 2.32. The van der Waals surface area contributed by atoms with Crippen molar-refractivity contribution in [2.24, 2.45) is 16.3 Å². The summed E-state index contributed by atoms with van der Waals surface area (Å²) in [5.74, 6) is 0.219. The molecule has 27 heavy (non-hydrogen) atoms. The van der Waals surface area contributed by atoms with Crippen molar-refractivity contribution < 1.29 is 4.39 Å². The quantitative estimate of drug-likeness (QED) is 0.872. The molecule has 2 aliphatic heterocycles. The van der Waals surface area contributed by atoms with E-state index >= 15 is 0 Å². The lowest BCUT2D eigenvalue weighted by Crippen LogP contribution is -2.46. The van der Waals surface area contributed by atoms with Crippen LogP contribution in [0.2, 0.25) is 0 Å². The van der Waals surface area contributed by atoms with Gasteiger partial charge in [-0.1, -0.05) is 39.0 Å². The molecule has 0 saturated carbocycles. The minimum atomic E-state index is -0.188. The number of halogens is 1. The third-order valence-electron chi connectivity index (χ3n) is 5.27. The fraction of sp³-hybridized carbons (Fsp3) is 0.591. The Morgan fingerprint density at radius 1 is 1.19 bits per heavy atom. The molecule has 0 aromatic heterocycles. The number of rotatable bonds is 4. The third-order valence-corrected chi connectivity index (χ3v) is 5.27. The summed E-state index contributed by atoms with van der Waals surface area (Å²) >= 11 is 0. The zero-order valence-corrected chi connectivity index (χ0v) is 17.3. The van der Waals surface area contributed by atoms with Crippen molar-refractivity contribution in [2.45, 2.75) is 39.9 Å². The minimum absolute atomic E-state index is 0.0943. The Labute approximate surface area is 163 Å². The second kappa shape index (κ2) is 8.11. The standard InChI is InChI=1S/C22H33FN4/c1-22(2,3)15-27-12-10-16(11-13-27)20-18(14-24-21(25-20)26(4)5)17-8-6-7-9-19(17)23/h6-9,14,16,21,25H,10-13,15H2,1-5H3. The first-order chi connectivity index (χ1) is 12.7. The van der Waals surface area contributed by atoms with Gasteiger partial charge in [0.1, 0.15) is 5.82 Å². The predicted octanol–water partition coefficient (Wildman–Crippen LogP) is 3.81. The van der Waals surface area contributed by atoms with E-state index in [-0.39, 0.29) is 12.1 Å². The molecule has 1 unspecified atom stereocenters. The van der Waals surface area contributed by atoms with Gasteiger partial charge in [0.05, 0.1) is 0 Å². The third kappa shape index (κ3) is 4.96. The lowest BCUT2D eigenvalue weighted by atomic mass is 9.87. The van der Waals surface area contributed by atoms with Gasteiger partial charge in [-0.25, -0.2) is 4.39 Å². The molecule has 1 fully saturated rings. The maximum Gasteiger partial charge on any atom is 0.175 e. The van der Waals surface area contributed by atoms with Crippen molar-refractivity contribution in [3.05, 3.63) is 41.3 Å². The molecule has 1 aromatic rings. The molecule has 148 valence electrons. The second-order valence-electron chi connectivity index (χ2n) is 9.18. The zero-order chi connectivity index (χ0) is 19.6. The molecule has 0 spiro atoms. The van der Waals surface area contributed by atoms with Crippen LogP contribution in [0.1, 0.15) is 39.2 Å². The summed E-state index contributed by atoms with van der Waals surface area (Å²) in [6.45, 7) is 10.2. The van der Waals surface area contributed by atoms with Gasteiger partial charge in [0.2, 0.25) is 0 Å². The van der Waals surface area contributed by atoms with Crippen molar-refractivity contribution in [2.75, 3.05) is 33.7 Å². The molecule has 1 saturated heterocycles. The van der Waals surface area contributed by atoms with Gasteiger partial charge < -0.3 is 10.2 Å². The highest BCUT2D eigenvalue weighted by atomic mass is 19.1. The number of hydrogen-bond acceptors (Lipinski definition) is 4. The van der Waals surface area contributed by atoms with Crippen LogP contribution in [0.15, 0.2) is 35.0 Å². The second-order valence-corrected chi connectivity index (χ2v) is 9.18. The molecule has 0 bridgehead atoms. The molecule has 0 aliphatic carbocycles. The molecule has 3 rings (SSSR count). The molecule has 0 radical (unpaired) electrons. The van der Waals surface area contributed by atoms with E-state index < -0.39 is 0 Å². The van der Waals surface area contributed by atoms with Gasteiger partial charge >= 0.3 is 0 Å². The number of benzene rings is 1. The van der Waals surface area contributed by atoms with Gasteiger partial charge in [-0.05, 0) is 51.5 Å². The number of hydrogen-bond donors (Lipinski definition) is 1. The maximum absolute atomic E-state index is 14.5. The summed E-state index contributed by atoms with van der Waals surface area (Å²) in [5, 5.41) is 3.58. The Bertz CT molecular complexity index is 709. The molecule has 1 N–H and O–H groups in total. The summed E-state index contributed by atoms with van der Waals surface area (Å²) in [7, 11) is 4.01. The summed E-state index contributed by atoms with van der Waals surface area (Å²) < 4.78 is 14.5. The van der Waals surface area contributed by atoms with Crippen LogP contribution >= 0.6 is 0 Å². The van der Waals surface area contributed by atoms with Crippen LogP contribution in [0.25, 0.3) is 5.57 Å². The minimum Gasteiger partial charge on any atom is -0.354 e. The normalized spacial score (nSPS) is 22.4. The van der Waals surface area contributed by atoms with Gasteiger partial charge in [-0.2, -0.15) is 0 Å². The summed E-state index contributed by atoms with van der Waals surface area (Å²) in [6.07, 6.45) is 3.94. The van der Waals surface area contributed by atoms with E-state index in [0.29, 0.717) is 16.9 Å². The van der Waals surface area contributed by atoms with Crippen LogP contribution in [0.3, 0.4) is 0 Å². The maximum atomic E-state index is 14.5. The lowest BCUT2D eigenvalue weighted by molar-refractivity contribution is 0.141. The largest absolute Gasteiger partial charge is 0.354 e. The van der Waals surface area contributed by atoms with Crippen molar-refractivity contribution >= 4 is 11.8 Å². The number of nitrogens with zero attached hydrogens (tertiary/aromatic N) is 3.